The molecule has 0 spiro atoms. The summed E-state index contributed by atoms with van der Waals surface area (Å²) in [5, 5.41) is 7.61. The lowest BCUT2D eigenvalue weighted by atomic mass is 10.5. The van der Waals surface area contributed by atoms with Crippen molar-refractivity contribution in [2.45, 2.75) is 6.92 Å². The van der Waals surface area contributed by atoms with E-state index in [1.54, 1.807) is 0 Å². The van der Waals surface area contributed by atoms with Crippen molar-refractivity contribution in [1.29, 1.82) is 0 Å². The first-order valence-corrected chi connectivity index (χ1v) is 1.18. The molecular weight excluding hydrogens is 68.0 g/mol. The van der Waals surface area contributed by atoms with Crippen LogP contribution in [-0.4, -0.2) is 11.1 Å². The van der Waals surface area contributed by atoms with Gasteiger partial charge in [-0.2, -0.15) is 0 Å². The Morgan fingerprint density at radius 1 is 2.00 bits per heavy atom. The summed E-state index contributed by atoms with van der Waals surface area (Å²) in [6.07, 6.45) is 1.94. The highest BCUT2D eigenvalue weighted by molar-refractivity contribution is 5.75. The van der Waals surface area contributed by atoms with Crippen molar-refractivity contribution >= 4 is 5.97 Å². The quantitative estimate of drug-likeness (QED) is 0.479. The molecule has 0 saturated carbocycles. The van der Waals surface area contributed by atoms with E-state index >= 15 is 0 Å². The normalized spacial score (nSPS) is 7.40. The lowest BCUT2D eigenvalue weighted by Gasteiger charge is -1.70. The van der Waals surface area contributed by atoms with Gasteiger partial charge in [0, 0.05) is 0 Å². The van der Waals surface area contributed by atoms with Crippen LogP contribution in [0.3, 0.4) is 0 Å². The molecule has 1 N–H and O–H groups in total. The second kappa shape index (κ2) is 1.76. The molecule has 0 fully saturated rings. The highest BCUT2D eigenvalue weighted by Gasteiger charge is 1.83. The summed E-state index contributed by atoms with van der Waals surface area (Å²) in [4.78, 5) is 9.26. The van der Waals surface area contributed by atoms with Crippen LogP contribution < -0.4 is 0 Å². The van der Waals surface area contributed by atoms with E-state index in [2.05, 4.69) is 0 Å². The van der Waals surface area contributed by atoms with Gasteiger partial charge in [-0.05, 0) is 6.92 Å². The SMILES string of the molecule is C[C]C(=O)O. The van der Waals surface area contributed by atoms with E-state index in [9.17, 15) is 4.79 Å². The molecule has 28 valence electrons. The van der Waals surface area contributed by atoms with Crippen LogP contribution in [0.25, 0.3) is 0 Å². The Labute approximate surface area is 30.4 Å². The van der Waals surface area contributed by atoms with Gasteiger partial charge in [0.15, 0.2) is 0 Å². The lowest BCUT2D eigenvalue weighted by Crippen LogP contribution is -1.88. The Hall–Kier alpha value is -0.530. The van der Waals surface area contributed by atoms with Gasteiger partial charge in [-0.3, -0.25) is 4.79 Å². The molecule has 0 aliphatic rings. The predicted octanol–water partition coefficient (Wildman–Crippen LogP) is 0.172. The summed E-state index contributed by atoms with van der Waals surface area (Å²) in [5.41, 5.74) is 0. The number of aliphatic carboxylic acids is 1. The van der Waals surface area contributed by atoms with E-state index in [-0.39, 0.29) is 0 Å². The van der Waals surface area contributed by atoms with E-state index in [0.29, 0.717) is 0 Å². The fourth-order valence-electron chi connectivity index (χ4n) is 0. The minimum atomic E-state index is -0.995. The molecule has 0 saturated heterocycles. The fraction of sp³-hybridized carbons (Fsp3) is 0.333. The largest absolute Gasteiger partial charge is 0.481 e. The maximum atomic E-state index is 9.26. The molecule has 0 atom stereocenters. The number of carboxylic acids is 1. The van der Waals surface area contributed by atoms with Gasteiger partial charge in [-0.1, -0.05) is 0 Å². The molecule has 0 aromatic rings. The number of hydrogen-bond donors (Lipinski definition) is 1. The zero-order chi connectivity index (χ0) is 4.28. The minimum Gasteiger partial charge on any atom is -0.481 e. The van der Waals surface area contributed by atoms with Crippen LogP contribution >= 0.6 is 0 Å². The number of rotatable bonds is 1. The number of hydrogen-bond acceptors (Lipinski definition) is 1. The summed E-state index contributed by atoms with van der Waals surface area (Å²) in [5.74, 6) is -0.995. The zero-order valence-electron chi connectivity index (χ0n) is 2.86. The Morgan fingerprint density at radius 2 is 2.20 bits per heavy atom. The van der Waals surface area contributed by atoms with Crippen LogP contribution in [0.15, 0.2) is 0 Å². The zero-order valence-corrected chi connectivity index (χ0v) is 2.86. The fourth-order valence-corrected chi connectivity index (χ4v) is 0. The molecule has 0 aromatic carbocycles. The summed E-state index contributed by atoms with van der Waals surface area (Å²) in [6.45, 7) is 1.35. The van der Waals surface area contributed by atoms with Crippen molar-refractivity contribution in [3.8, 4) is 0 Å². The van der Waals surface area contributed by atoms with Crippen LogP contribution in [0, 0.1) is 6.42 Å². The maximum absolute atomic E-state index is 9.26. The van der Waals surface area contributed by atoms with Crippen LogP contribution in [0.4, 0.5) is 0 Å². The molecular formula is C3H4O2. The van der Waals surface area contributed by atoms with Crippen molar-refractivity contribution in [2.75, 3.05) is 0 Å². The molecule has 0 amide bonds. The van der Waals surface area contributed by atoms with Crippen LogP contribution in [0.2, 0.25) is 0 Å². The summed E-state index contributed by atoms with van der Waals surface area (Å²) >= 11 is 0. The Bertz CT molecular complexity index is 40.2. The Morgan fingerprint density at radius 3 is 2.20 bits per heavy atom. The molecule has 0 aliphatic carbocycles. The Kier molecular flexibility index (Phi) is 1.57. The van der Waals surface area contributed by atoms with Gasteiger partial charge in [0.05, 0.1) is 6.42 Å². The molecule has 0 aliphatic heterocycles. The van der Waals surface area contributed by atoms with Crippen molar-refractivity contribution < 1.29 is 9.90 Å². The Balaban J connectivity index is 2.85. The van der Waals surface area contributed by atoms with Gasteiger partial charge in [0.25, 0.3) is 0 Å². The topological polar surface area (TPSA) is 37.3 Å². The third kappa shape index (κ3) is 3.47. The van der Waals surface area contributed by atoms with E-state index in [4.69, 9.17) is 5.11 Å². The van der Waals surface area contributed by atoms with Crippen molar-refractivity contribution in [2.24, 2.45) is 0 Å². The first kappa shape index (κ1) is 4.47. The van der Waals surface area contributed by atoms with E-state index < -0.39 is 5.97 Å². The maximum Gasteiger partial charge on any atom is 0.311 e. The van der Waals surface area contributed by atoms with E-state index in [1.807, 2.05) is 6.42 Å². The highest BCUT2D eigenvalue weighted by Crippen LogP contribution is 1.64. The van der Waals surface area contributed by atoms with Crippen molar-refractivity contribution in [3.05, 3.63) is 6.42 Å². The number of carboxylic acid groups (broad SMARTS) is 1. The average Bonchev–Trinajstić information content (AvgIpc) is 1.38. The van der Waals surface area contributed by atoms with Crippen molar-refractivity contribution in [1.82, 2.24) is 0 Å². The molecule has 0 aromatic heterocycles. The highest BCUT2D eigenvalue weighted by atomic mass is 16.4. The van der Waals surface area contributed by atoms with Gasteiger partial charge in [-0.25, -0.2) is 0 Å². The molecule has 2 heteroatoms. The molecule has 0 rings (SSSR count). The third-order valence-corrected chi connectivity index (χ3v) is 0.214. The monoisotopic (exact) mass is 72.0 g/mol. The van der Waals surface area contributed by atoms with Gasteiger partial charge in [0.2, 0.25) is 0 Å². The van der Waals surface area contributed by atoms with Gasteiger partial charge in [-0.15, -0.1) is 0 Å². The third-order valence-electron chi connectivity index (χ3n) is 0.214. The van der Waals surface area contributed by atoms with Crippen LogP contribution in [0.1, 0.15) is 6.92 Å². The summed E-state index contributed by atoms with van der Waals surface area (Å²) < 4.78 is 0. The van der Waals surface area contributed by atoms with Gasteiger partial charge >= 0.3 is 5.97 Å². The second-order valence-electron chi connectivity index (χ2n) is 0.555. The lowest BCUT2D eigenvalue weighted by molar-refractivity contribution is -0.132. The first-order valence-electron chi connectivity index (χ1n) is 1.18. The number of carbonyl (C=O) groups is 1. The van der Waals surface area contributed by atoms with E-state index in [0.717, 1.165) is 0 Å². The van der Waals surface area contributed by atoms with Crippen LogP contribution in [0.5, 0.6) is 0 Å². The molecule has 0 bridgehead atoms. The summed E-state index contributed by atoms with van der Waals surface area (Å²) in [7, 11) is 0. The van der Waals surface area contributed by atoms with Gasteiger partial charge < -0.3 is 5.11 Å². The average molecular weight is 72.1 g/mol. The summed E-state index contributed by atoms with van der Waals surface area (Å²) in [6, 6.07) is 0. The molecule has 0 heterocycles. The van der Waals surface area contributed by atoms with Gasteiger partial charge in [0.1, 0.15) is 0 Å². The first-order chi connectivity index (χ1) is 2.27. The van der Waals surface area contributed by atoms with Crippen LogP contribution in [-0.2, 0) is 4.79 Å². The standard InChI is InChI=1S/C3H4O2/c1-2-3(4)5/h1H3,(H,4,5). The van der Waals surface area contributed by atoms with Crippen molar-refractivity contribution in [3.63, 3.8) is 0 Å². The molecule has 2 nitrogen and oxygen atoms in total. The second-order valence-corrected chi connectivity index (χ2v) is 0.555. The van der Waals surface area contributed by atoms with E-state index in [1.165, 1.54) is 6.92 Å². The smallest absolute Gasteiger partial charge is 0.311 e. The molecule has 5 heavy (non-hydrogen) atoms. The molecule has 2 radical (unpaired) electrons. The molecule has 0 unspecified atom stereocenters. The minimum absolute atomic E-state index is 0.995. The predicted molar refractivity (Wildman–Crippen MR) is 16.6 cm³/mol.